The van der Waals surface area contributed by atoms with Gasteiger partial charge in [0.1, 0.15) is 18.0 Å². The van der Waals surface area contributed by atoms with Gasteiger partial charge in [-0.25, -0.2) is 4.39 Å². The molecule has 0 spiro atoms. The topological polar surface area (TPSA) is 83.7 Å². The third-order valence-electron chi connectivity index (χ3n) is 5.16. The van der Waals surface area contributed by atoms with E-state index in [0.29, 0.717) is 18.1 Å². The summed E-state index contributed by atoms with van der Waals surface area (Å²) < 4.78 is 13.9. The van der Waals surface area contributed by atoms with Gasteiger partial charge in [-0.05, 0) is 38.0 Å². The van der Waals surface area contributed by atoms with E-state index in [9.17, 15) is 14.8 Å². The zero-order valence-corrected chi connectivity index (χ0v) is 17.2. The lowest BCUT2D eigenvalue weighted by Crippen LogP contribution is -2.51. The van der Waals surface area contributed by atoms with Gasteiger partial charge in [0.2, 0.25) is 0 Å². The van der Waals surface area contributed by atoms with Crippen molar-refractivity contribution >= 4 is 11.6 Å². The Bertz CT molecular complexity index is 910. The van der Waals surface area contributed by atoms with E-state index in [0.717, 1.165) is 31.6 Å². The SMILES string of the molecule is CCNC(=NCC(O)c1ccccc1F)NC1CCCN(c2ccccc2C#N)C1. The molecule has 7 heteroatoms. The second kappa shape index (κ2) is 10.6. The van der Waals surface area contributed by atoms with Crippen LogP contribution in [0.15, 0.2) is 53.5 Å². The van der Waals surface area contributed by atoms with Crippen LogP contribution in [0.4, 0.5) is 10.1 Å². The van der Waals surface area contributed by atoms with Crippen LogP contribution in [0.1, 0.15) is 37.0 Å². The molecule has 0 saturated carbocycles. The van der Waals surface area contributed by atoms with E-state index in [1.54, 1.807) is 18.2 Å². The van der Waals surface area contributed by atoms with Crippen molar-refractivity contribution in [3.05, 3.63) is 65.5 Å². The number of piperidine rings is 1. The van der Waals surface area contributed by atoms with Gasteiger partial charge in [0, 0.05) is 31.2 Å². The Morgan fingerprint density at radius 3 is 2.83 bits per heavy atom. The predicted molar refractivity (Wildman–Crippen MR) is 117 cm³/mol. The number of anilines is 1. The molecule has 1 heterocycles. The molecule has 1 fully saturated rings. The molecule has 3 rings (SSSR count). The molecule has 1 aliphatic heterocycles. The number of aliphatic imine (C=N–C) groups is 1. The van der Waals surface area contributed by atoms with Crippen LogP contribution >= 0.6 is 0 Å². The van der Waals surface area contributed by atoms with Gasteiger partial charge in [0.15, 0.2) is 5.96 Å². The normalized spacial score (nSPS) is 17.9. The molecule has 0 radical (unpaired) electrons. The molecule has 2 atom stereocenters. The van der Waals surface area contributed by atoms with Crippen molar-refractivity contribution in [1.82, 2.24) is 10.6 Å². The monoisotopic (exact) mass is 409 g/mol. The van der Waals surface area contributed by atoms with Crippen molar-refractivity contribution in [3.8, 4) is 6.07 Å². The van der Waals surface area contributed by atoms with Gasteiger partial charge in [-0.3, -0.25) is 4.99 Å². The van der Waals surface area contributed by atoms with E-state index < -0.39 is 11.9 Å². The number of rotatable bonds is 6. The first-order valence-corrected chi connectivity index (χ1v) is 10.3. The van der Waals surface area contributed by atoms with Gasteiger partial charge in [-0.2, -0.15) is 5.26 Å². The molecule has 1 saturated heterocycles. The molecule has 158 valence electrons. The van der Waals surface area contributed by atoms with Crippen LogP contribution in [0.5, 0.6) is 0 Å². The first-order valence-electron chi connectivity index (χ1n) is 10.3. The van der Waals surface area contributed by atoms with Gasteiger partial charge in [-0.15, -0.1) is 0 Å². The van der Waals surface area contributed by atoms with Crippen molar-refractivity contribution in [1.29, 1.82) is 5.26 Å². The maximum absolute atomic E-state index is 13.9. The Balaban J connectivity index is 1.66. The molecular formula is C23H28FN5O. The summed E-state index contributed by atoms with van der Waals surface area (Å²) in [6, 6.07) is 16.2. The lowest BCUT2D eigenvalue weighted by atomic mass is 10.0. The van der Waals surface area contributed by atoms with Gasteiger partial charge >= 0.3 is 0 Å². The summed E-state index contributed by atoms with van der Waals surface area (Å²) in [5.74, 6) is 0.158. The van der Waals surface area contributed by atoms with E-state index in [1.165, 1.54) is 6.07 Å². The summed E-state index contributed by atoms with van der Waals surface area (Å²) in [6.07, 6.45) is 0.965. The quantitative estimate of drug-likeness (QED) is 0.505. The van der Waals surface area contributed by atoms with E-state index >= 15 is 0 Å². The summed E-state index contributed by atoms with van der Waals surface area (Å²) in [6.45, 7) is 4.36. The Kier molecular flexibility index (Phi) is 7.63. The molecule has 1 aliphatic rings. The largest absolute Gasteiger partial charge is 0.386 e. The number of nitriles is 1. The number of nitrogens with zero attached hydrogens (tertiary/aromatic N) is 3. The minimum absolute atomic E-state index is 0.0595. The average Bonchev–Trinajstić information content (AvgIpc) is 2.78. The maximum Gasteiger partial charge on any atom is 0.191 e. The molecule has 2 aromatic rings. The standard InChI is InChI=1S/C23H28FN5O/c1-2-26-23(27-15-22(30)19-10-4-5-11-20(19)24)28-18-9-7-13-29(16-18)21-12-6-3-8-17(21)14-25/h3-6,8,10-12,18,22,30H,2,7,9,13,15-16H2,1H3,(H2,26,27,28). The molecule has 0 aromatic heterocycles. The molecule has 0 amide bonds. The number of guanidine groups is 1. The van der Waals surface area contributed by atoms with E-state index in [4.69, 9.17) is 0 Å². The van der Waals surface area contributed by atoms with Crippen molar-refractivity contribution in [3.63, 3.8) is 0 Å². The summed E-state index contributed by atoms with van der Waals surface area (Å²) in [7, 11) is 0. The minimum Gasteiger partial charge on any atom is -0.386 e. The van der Waals surface area contributed by atoms with Crippen LogP contribution in [0, 0.1) is 17.1 Å². The van der Waals surface area contributed by atoms with Crippen LogP contribution in [0.25, 0.3) is 0 Å². The van der Waals surface area contributed by atoms with Gasteiger partial charge in [-0.1, -0.05) is 30.3 Å². The number of hydrogen-bond acceptors (Lipinski definition) is 4. The van der Waals surface area contributed by atoms with Crippen LogP contribution in [-0.4, -0.2) is 43.3 Å². The zero-order valence-electron chi connectivity index (χ0n) is 17.2. The van der Waals surface area contributed by atoms with Crippen LogP contribution < -0.4 is 15.5 Å². The fourth-order valence-electron chi connectivity index (χ4n) is 3.69. The number of para-hydroxylation sites is 1. The van der Waals surface area contributed by atoms with Crippen molar-refractivity contribution in [2.75, 3.05) is 31.1 Å². The Morgan fingerprint density at radius 2 is 2.07 bits per heavy atom. The lowest BCUT2D eigenvalue weighted by Gasteiger charge is -2.35. The molecule has 3 N–H and O–H groups in total. The van der Waals surface area contributed by atoms with Crippen LogP contribution in [0.2, 0.25) is 0 Å². The second-order valence-corrected chi connectivity index (χ2v) is 7.32. The van der Waals surface area contributed by atoms with Gasteiger partial charge in [0.25, 0.3) is 0 Å². The highest BCUT2D eigenvalue weighted by atomic mass is 19.1. The highest BCUT2D eigenvalue weighted by molar-refractivity contribution is 5.80. The minimum atomic E-state index is -1.01. The zero-order chi connectivity index (χ0) is 21.3. The molecule has 6 nitrogen and oxygen atoms in total. The van der Waals surface area contributed by atoms with E-state index in [1.807, 2.05) is 31.2 Å². The summed E-state index contributed by atoms with van der Waals surface area (Å²) >= 11 is 0. The number of halogens is 1. The number of nitrogens with one attached hydrogen (secondary N) is 2. The Hall–Kier alpha value is -3.11. The first-order chi connectivity index (χ1) is 14.6. The highest BCUT2D eigenvalue weighted by Crippen LogP contribution is 2.23. The highest BCUT2D eigenvalue weighted by Gasteiger charge is 2.22. The second-order valence-electron chi connectivity index (χ2n) is 7.32. The summed E-state index contributed by atoms with van der Waals surface area (Å²) in [4.78, 5) is 6.68. The van der Waals surface area contributed by atoms with Crippen molar-refractivity contribution < 1.29 is 9.50 Å². The molecular weight excluding hydrogens is 381 g/mol. The fraction of sp³-hybridized carbons (Fsp3) is 0.391. The van der Waals surface area contributed by atoms with Crippen molar-refractivity contribution in [2.45, 2.75) is 31.9 Å². The number of aliphatic hydroxyl groups excluding tert-OH is 1. The lowest BCUT2D eigenvalue weighted by molar-refractivity contribution is 0.182. The third kappa shape index (κ3) is 5.49. The van der Waals surface area contributed by atoms with E-state index in [-0.39, 0.29) is 18.2 Å². The van der Waals surface area contributed by atoms with E-state index in [2.05, 4.69) is 26.6 Å². The summed E-state index contributed by atoms with van der Waals surface area (Å²) in [5, 5.41) is 26.3. The molecule has 30 heavy (non-hydrogen) atoms. The molecule has 0 aliphatic carbocycles. The molecule has 2 aromatic carbocycles. The van der Waals surface area contributed by atoms with Gasteiger partial charge in [0.05, 0.1) is 17.8 Å². The predicted octanol–water partition coefficient (Wildman–Crippen LogP) is 2.95. The molecule has 2 unspecified atom stereocenters. The third-order valence-corrected chi connectivity index (χ3v) is 5.16. The smallest absolute Gasteiger partial charge is 0.191 e. The van der Waals surface area contributed by atoms with Crippen molar-refractivity contribution in [2.24, 2.45) is 4.99 Å². The van der Waals surface area contributed by atoms with Gasteiger partial charge < -0.3 is 20.6 Å². The molecule has 0 bridgehead atoms. The average molecular weight is 410 g/mol. The Morgan fingerprint density at radius 1 is 1.30 bits per heavy atom. The number of aliphatic hydroxyl groups is 1. The van der Waals surface area contributed by atoms with Crippen LogP contribution in [-0.2, 0) is 0 Å². The summed E-state index contributed by atoms with van der Waals surface area (Å²) in [5.41, 5.74) is 1.86. The fourth-order valence-corrected chi connectivity index (χ4v) is 3.69. The first kappa shape index (κ1) is 21.6. The van der Waals surface area contributed by atoms with Crippen LogP contribution in [0.3, 0.4) is 0 Å². The maximum atomic E-state index is 13.9. The number of benzene rings is 2. The Labute approximate surface area is 177 Å². The number of hydrogen-bond donors (Lipinski definition) is 3.